The molecule has 160 valence electrons. The fourth-order valence-electron chi connectivity index (χ4n) is 3.50. The number of amides is 1. The fraction of sp³-hybridized carbons (Fsp3) is 0.296. The van der Waals surface area contributed by atoms with E-state index in [1.165, 1.54) is 24.0 Å². The number of ether oxygens (including phenoxy) is 1. The molecule has 4 heteroatoms. The lowest BCUT2D eigenvalue weighted by atomic mass is 10.1. The average Bonchev–Trinajstić information content (AvgIpc) is 3.63. The minimum absolute atomic E-state index is 0.0468. The molecule has 1 amide bonds. The van der Waals surface area contributed by atoms with Gasteiger partial charge in [0.25, 0.3) is 5.91 Å². The van der Waals surface area contributed by atoms with Gasteiger partial charge in [0.05, 0.1) is 6.61 Å². The third-order valence-corrected chi connectivity index (χ3v) is 5.58. The first-order valence-corrected chi connectivity index (χ1v) is 11.1. The molecular weight excluding hydrogens is 384 g/mol. The van der Waals surface area contributed by atoms with E-state index in [1.54, 1.807) is 0 Å². The van der Waals surface area contributed by atoms with Crippen LogP contribution in [0.15, 0.2) is 85.2 Å². The van der Waals surface area contributed by atoms with Crippen molar-refractivity contribution in [2.45, 2.75) is 32.2 Å². The maximum atomic E-state index is 12.4. The Balaban J connectivity index is 1.18. The molecule has 0 aromatic heterocycles. The molecule has 0 spiro atoms. The Bertz CT molecular complexity index is 922. The second-order valence-electron chi connectivity index (χ2n) is 8.17. The van der Waals surface area contributed by atoms with Crippen LogP contribution in [0.3, 0.4) is 0 Å². The van der Waals surface area contributed by atoms with Gasteiger partial charge in [-0.2, -0.15) is 0 Å². The van der Waals surface area contributed by atoms with Crippen molar-refractivity contribution in [1.29, 1.82) is 0 Å². The summed E-state index contributed by atoms with van der Waals surface area (Å²) in [6.45, 7) is 2.21. The predicted molar refractivity (Wildman–Crippen MR) is 125 cm³/mol. The molecule has 1 aliphatic carbocycles. The van der Waals surface area contributed by atoms with E-state index < -0.39 is 0 Å². The number of carbonyl (C=O) groups excluding carboxylic acids is 1. The molecule has 1 heterocycles. The Labute approximate surface area is 184 Å². The van der Waals surface area contributed by atoms with E-state index in [2.05, 4.69) is 46.9 Å². The van der Waals surface area contributed by atoms with Gasteiger partial charge in [0, 0.05) is 31.1 Å². The number of hydrogen-bond donors (Lipinski definition) is 1. The van der Waals surface area contributed by atoms with Crippen molar-refractivity contribution < 1.29 is 9.53 Å². The molecule has 1 N–H and O–H groups in total. The van der Waals surface area contributed by atoms with E-state index >= 15 is 0 Å². The van der Waals surface area contributed by atoms with E-state index in [0.717, 1.165) is 37.7 Å². The Hall–Kier alpha value is -3.27. The number of rotatable bonds is 10. The second kappa shape index (κ2) is 10.7. The monoisotopic (exact) mass is 414 g/mol. The van der Waals surface area contributed by atoms with Gasteiger partial charge in [0.15, 0.2) is 0 Å². The van der Waals surface area contributed by atoms with E-state index in [0.29, 0.717) is 12.1 Å². The maximum absolute atomic E-state index is 12.4. The van der Waals surface area contributed by atoms with Gasteiger partial charge in [-0.25, -0.2) is 0 Å². The predicted octanol–water partition coefficient (Wildman–Crippen LogP) is 5.24. The van der Waals surface area contributed by atoms with Crippen molar-refractivity contribution >= 4 is 5.91 Å². The summed E-state index contributed by atoms with van der Waals surface area (Å²) in [6, 6.07) is 16.0. The smallest absolute Gasteiger partial charge is 0.251 e. The molecular formula is C27H30N2O2. The van der Waals surface area contributed by atoms with Crippen molar-refractivity contribution in [2.75, 3.05) is 13.2 Å². The van der Waals surface area contributed by atoms with Crippen molar-refractivity contribution in [3.05, 3.63) is 102 Å². The van der Waals surface area contributed by atoms with Gasteiger partial charge in [-0.15, -0.1) is 0 Å². The number of nitrogens with zero attached hydrogens (tertiary/aromatic N) is 1. The molecule has 4 rings (SSSR count). The normalized spacial score (nSPS) is 15.0. The van der Waals surface area contributed by atoms with Gasteiger partial charge in [-0.05, 0) is 66.3 Å². The second-order valence-corrected chi connectivity index (χ2v) is 8.17. The van der Waals surface area contributed by atoms with Crippen molar-refractivity contribution in [1.82, 2.24) is 10.2 Å². The SMILES string of the molecule is O=C(NCCc1ccc(CN2C=CC=CC=C2)cc1)c1ccc(OCCC2CC2)cc1. The van der Waals surface area contributed by atoms with Crippen molar-refractivity contribution in [3.63, 3.8) is 0 Å². The largest absolute Gasteiger partial charge is 0.494 e. The molecule has 1 aliphatic heterocycles. The fourth-order valence-corrected chi connectivity index (χ4v) is 3.50. The molecule has 4 nitrogen and oxygen atoms in total. The van der Waals surface area contributed by atoms with Gasteiger partial charge in [-0.3, -0.25) is 4.79 Å². The minimum Gasteiger partial charge on any atom is -0.494 e. The molecule has 0 radical (unpaired) electrons. The number of carbonyl (C=O) groups is 1. The molecule has 0 atom stereocenters. The first kappa shape index (κ1) is 21.0. The molecule has 2 aromatic rings. The van der Waals surface area contributed by atoms with Crippen LogP contribution in [0.25, 0.3) is 0 Å². The highest BCUT2D eigenvalue weighted by Crippen LogP contribution is 2.32. The average molecular weight is 415 g/mol. The molecule has 31 heavy (non-hydrogen) atoms. The molecule has 0 saturated heterocycles. The number of nitrogens with one attached hydrogen (secondary N) is 1. The summed E-state index contributed by atoms with van der Waals surface area (Å²) in [5.41, 5.74) is 3.13. The summed E-state index contributed by atoms with van der Waals surface area (Å²) in [6.07, 6.45) is 16.9. The third kappa shape index (κ3) is 6.88. The highest BCUT2D eigenvalue weighted by Gasteiger charge is 2.20. The summed E-state index contributed by atoms with van der Waals surface area (Å²) < 4.78 is 5.75. The third-order valence-electron chi connectivity index (χ3n) is 5.58. The van der Waals surface area contributed by atoms with Crippen molar-refractivity contribution in [2.24, 2.45) is 5.92 Å². The summed E-state index contributed by atoms with van der Waals surface area (Å²) in [4.78, 5) is 14.5. The van der Waals surface area contributed by atoms with Crippen LogP contribution in [0.1, 0.15) is 40.7 Å². The van der Waals surface area contributed by atoms with Crippen LogP contribution in [-0.2, 0) is 13.0 Å². The maximum Gasteiger partial charge on any atom is 0.251 e. The van der Waals surface area contributed by atoms with Crippen LogP contribution in [-0.4, -0.2) is 24.0 Å². The molecule has 0 bridgehead atoms. The Morgan fingerprint density at radius 3 is 2.26 bits per heavy atom. The van der Waals surface area contributed by atoms with Crippen LogP contribution in [0.2, 0.25) is 0 Å². The zero-order valence-corrected chi connectivity index (χ0v) is 17.9. The van der Waals surface area contributed by atoms with Gasteiger partial charge in [0.1, 0.15) is 5.75 Å². The molecule has 1 fully saturated rings. The highest BCUT2D eigenvalue weighted by molar-refractivity contribution is 5.94. The molecule has 2 aliphatic rings. The van der Waals surface area contributed by atoms with Gasteiger partial charge < -0.3 is 15.0 Å². The zero-order chi connectivity index (χ0) is 21.3. The van der Waals surface area contributed by atoms with Gasteiger partial charge in [0.2, 0.25) is 0 Å². The van der Waals surface area contributed by atoms with Crippen LogP contribution in [0.5, 0.6) is 5.75 Å². The minimum atomic E-state index is -0.0468. The lowest BCUT2D eigenvalue weighted by Crippen LogP contribution is -2.25. The van der Waals surface area contributed by atoms with Crippen molar-refractivity contribution in [3.8, 4) is 5.75 Å². The quantitative estimate of drug-likeness (QED) is 0.578. The van der Waals surface area contributed by atoms with E-state index in [-0.39, 0.29) is 5.91 Å². The number of benzene rings is 2. The summed E-state index contributed by atoms with van der Waals surface area (Å²) in [7, 11) is 0. The standard InChI is InChI=1S/C27H30N2O2/c30-27(25-11-13-26(14-12-25)31-20-16-23-5-6-23)28-17-15-22-7-9-24(10-8-22)21-29-18-3-1-2-4-19-29/h1-4,7-14,18-19,23H,5-6,15-17,20-21H2,(H,28,30). The Morgan fingerprint density at radius 1 is 0.903 bits per heavy atom. The Morgan fingerprint density at radius 2 is 1.58 bits per heavy atom. The van der Waals surface area contributed by atoms with Crippen LogP contribution >= 0.6 is 0 Å². The first-order chi connectivity index (χ1) is 15.3. The Kier molecular flexibility index (Phi) is 7.22. The topological polar surface area (TPSA) is 41.6 Å². The van der Waals surface area contributed by atoms with Gasteiger partial charge >= 0.3 is 0 Å². The van der Waals surface area contributed by atoms with Crippen LogP contribution in [0, 0.1) is 5.92 Å². The molecule has 1 saturated carbocycles. The van der Waals surface area contributed by atoms with Crippen LogP contribution < -0.4 is 10.1 Å². The zero-order valence-electron chi connectivity index (χ0n) is 17.9. The number of allylic oxidation sites excluding steroid dienone is 4. The summed E-state index contributed by atoms with van der Waals surface area (Å²) in [5, 5.41) is 3.01. The number of hydrogen-bond acceptors (Lipinski definition) is 3. The lowest BCUT2D eigenvalue weighted by Gasteiger charge is -2.15. The van der Waals surface area contributed by atoms with E-state index in [1.807, 2.05) is 48.6 Å². The highest BCUT2D eigenvalue weighted by atomic mass is 16.5. The molecule has 2 aromatic carbocycles. The molecule has 0 unspecified atom stereocenters. The summed E-state index contributed by atoms with van der Waals surface area (Å²) >= 11 is 0. The first-order valence-electron chi connectivity index (χ1n) is 11.1. The van der Waals surface area contributed by atoms with Gasteiger partial charge in [-0.1, -0.05) is 49.3 Å². The lowest BCUT2D eigenvalue weighted by molar-refractivity contribution is 0.0954. The summed E-state index contributed by atoms with van der Waals surface area (Å²) in [5.74, 6) is 1.65. The van der Waals surface area contributed by atoms with E-state index in [4.69, 9.17) is 4.74 Å². The van der Waals surface area contributed by atoms with Crippen LogP contribution in [0.4, 0.5) is 0 Å². The van der Waals surface area contributed by atoms with E-state index in [9.17, 15) is 4.79 Å².